The van der Waals surface area contributed by atoms with Crippen molar-refractivity contribution in [3.05, 3.63) is 70.9 Å². The molecule has 0 saturated carbocycles. The van der Waals surface area contributed by atoms with Crippen molar-refractivity contribution in [2.45, 2.75) is 19.1 Å². The van der Waals surface area contributed by atoms with E-state index in [1.807, 2.05) is 48.5 Å². The first-order valence-electron chi connectivity index (χ1n) is 8.45. The topological polar surface area (TPSA) is 90.4 Å². The van der Waals surface area contributed by atoms with Crippen LogP contribution < -0.4 is 15.8 Å². The fraction of sp³-hybridized carbons (Fsp3) is 0.200. The molecule has 3 rings (SSSR count). The van der Waals surface area contributed by atoms with Crippen molar-refractivity contribution in [1.29, 1.82) is 0 Å². The Kier molecular flexibility index (Phi) is 6.11. The number of hydrogen-bond acceptors (Lipinski definition) is 5. The maximum Gasteiger partial charge on any atom is 0.234 e. The molecular weight excluding hydrogens is 366 g/mol. The molecule has 0 unspecified atom stereocenters. The zero-order valence-electron chi connectivity index (χ0n) is 14.8. The smallest absolute Gasteiger partial charge is 0.234 e. The van der Waals surface area contributed by atoms with E-state index < -0.39 is 6.04 Å². The predicted molar refractivity (Wildman–Crippen MR) is 103 cm³/mol. The minimum atomic E-state index is -0.393. The minimum absolute atomic E-state index is 0.257. The molecular formula is C20H20ClN3O3. The summed E-state index contributed by atoms with van der Waals surface area (Å²) >= 11 is 6.00. The number of primary amides is 1. The molecule has 6 nitrogen and oxygen atoms in total. The second-order valence-electron chi connectivity index (χ2n) is 6.07. The summed E-state index contributed by atoms with van der Waals surface area (Å²) in [5.41, 5.74) is 7.92. The molecule has 0 saturated heterocycles. The third kappa shape index (κ3) is 5.09. The standard InChI is InChI=1S/C20H20ClN3O3/c1-23-19(20(22)25)9-13-5-7-16(8-6-13)26-12-17-11-18(24-27-17)14-3-2-4-15(21)10-14/h2-8,10-11,19,23H,9,12H2,1H3,(H2,22,25)/t19-/m0/s1. The van der Waals surface area contributed by atoms with Crippen LogP contribution in [-0.2, 0) is 17.8 Å². The Bertz CT molecular complexity index is 909. The minimum Gasteiger partial charge on any atom is -0.486 e. The number of rotatable bonds is 8. The lowest BCUT2D eigenvalue weighted by atomic mass is 10.1. The molecule has 0 bridgehead atoms. The Morgan fingerprint density at radius 2 is 2.04 bits per heavy atom. The van der Waals surface area contributed by atoms with Gasteiger partial charge in [0.25, 0.3) is 0 Å². The molecule has 1 amide bonds. The first kappa shape index (κ1) is 18.9. The molecule has 1 heterocycles. The van der Waals surface area contributed by atoms with Gasteiger partial charge in [-0.05, 0) is 43.3 Å². The number of carbonyl (C=O) groups is 1. The van der Waals surface area contributed by atoms with E-state index in [1.54, 1.807) is 13.1 Å². The van der Waals surface area contributed by atoms with Crippen LogP contribution in [0.15, 0.2) is 59.1 Å². The molecule has 140 valence electrons. The number of aromatic nitrogens is 1. The summed E-state index contributed by atoms with van der Waals surface area (Å²) in [6.07, 6.45) is 0.525. The van der Waals surface area contributed by atoms with Crippen LogP contribution in [0.25, 0.3) is 11.3 Å². The largest absolute Gasteiger partial charge is 0.486 e. The van der Waals surface area contributed by atoms with Crippen molar-refractivity contribution < 1.29 is 14.1 Å². The van der Waals surface area contributed by atoms with E-state index in [2.05, 4.69) is 10.5 Å². The zero-order chi connectivity index (χ0) is 19.2. The van der Waals surface area contributed by atoms with E-state index in [9.17, 15) is 4.79 Å². The number of benzene rings is 2. The SMILES string of the molecule is CN[C@@H](Cc1ccc(OCc2cc(-c3cccc(Cl)c3)no2)cc1)C(N)=O. The fourth-order valence-corrected chi connectivity index (χ4v) is 2.81. The summed E-state index contributed by atoms with van der Waals surface area (Å²) in [5.74, 6) is 0.927. The van der Waals surface area contributed by atoms with Crippen molar-refractivity contribution in [1.82, 2.24) is 10.5 Å². The van der Waals surface area contributed by atoms with E-state index in [0.29, 0.717) is 28.6 Å². The van der Waals surface area contributed by atoms with Gasteiger partial charge >= 0.3 is 0 Å². The number of nitrogens with one attached hydrogen (secondary N) is 1. The summed E-state index contributed by atoms with van der Waals surface area (Å²) in [4.78, 5) is 11.3. The molecule has 0 fully saturated rings. The van der Waals surface area contributed by atoms with Gasteiger partial charge in [-0.1, -0.05) is 41.0 Å². The highest BCUT2D eigenvalue weighted by Crippen LogP contribution is 2.23. The first-order chi connectivity index (χ1) is 13.0. The van der Waals surface area contributed by atoms with Gasteiger partial charge in [-0.2, -0.15) is 0 Å². The predicted octanol–water partition coefficient (Wildman–Crippen LogP) is 3.19. The molecule has 1 atom stereocenters. The van der Waals surface area contributed by atoms with Gasteiger partial charge in [0.15, 0.2) is 5.76 Å². The number of amides is 1. The van der Waals surface area contributed by atoms with Gasteiger partial charge in [0.1, 0.15) is 18.1 Å². The van der Waals surface area contributed by atoms with Gasteiger partial charge in [0, 0.05) is 16.7 Å². The second-order valence-corrected chi connectivity index (χ2v) is 6.51. The highest BCUT2D eigenvalue weighted by atomic mass is 35.5. The molecule has 2 aromatic carbocycles. The highest BCUT2D eigenvalue weighted by Gasteiger charge is 2.13. The van der Waals surface area contributed by atoms with Crippen LogP contribution in [0.2, 0.25) is 5.02 Å². The number of hydrogen-bond donors (Lipinski definition) is 2. The molecule has 0 radical (unpaired) electrons. The molecule has 0 spiro atoms. The number of nitrogens with zero attached hydrogens (tertiary/aromatic N) is 1. The molecule has 7 heteroatoms. The van der Waals surface area contributed by atoms with Crippen LogP contribution in [-0.4, -0.2) is 24.2 Å². The summed E-state index contributed by atoms with van der Waals surface area (Å²) < 4.78 is 11.1. The summed E-state index contributed by atoms with van der Waals surface area (Å²) in [6, 6.07) is 16.3. The van der Waals surface area contributed by atoms with E-state index >= 15 is 0 Å². The Morgan fingerprint density at radius 1 is 1.26 bits per heavy atom. The summed E-state index contributed by atoms with van der Waals surface area (Å²) in [6.45, 7) is 0.257. The number of ether oxygens (including phenoxy) is 1. The zero-order valence-corrected chi connectivity index (χ0v) is 15.6. The monoisotopic (exact) mass is 385 g/mol. The van der Waals surface area contributed by atoms with Gasteiger partial charge in [-0.3, -0.25) is 4.79 Å². The van der Waals surface area contributed by atoms with Gasteiger partial charge in [-0.25, -0.2) is 0 Å². The Labute approximate surface area is 162 Å². The average molecular weight is 386 g/mol. The van der Waals surface area contributed by atoms with Gasteiger partial charge < -0.3 is 20.3 Å². The second kappa shape index (κ2) is 8.70. The van der Waals surface area contributed by atoms with Crippen molar-refractivity contribution >= 4 is 17.5 Å². The maximum absolute atomic E-state index is 11.3. The van der Waals surface area contributed by atoms with Crippen LogP contribution >= 0.6 is 11.6 Å². The number of halogens is 1. The van der Waals surface area contributed by atoms with E-state index in [0.717, 1.165) is 11.1 Å². The van der Waals surface area contributed by atoms with Crippen molar-refractivity contribution in [3.8, 4) is 17.0 Å². The van der Waals surface area contributed by atoms with Crippen molar-refractivity contribution in [2.75, 3.05) is 7.05 Å². The van der Waals surface area contributed by atoms with Gasteiger partial charge in [0.05, 0.1) is 6.04 Å². The van der Waals surface area contributed by atoms with Crippen LogP contribution in [0.3, 0.4) is 0 Å². The molecule has 0 aliphatic rings. The van der Waals surface area contributed by atoms with Crippen LogP contribution in [0.5, 0.6) is 5.75 Å². The number of likely N-dealkylation sites (N-methyl/N-ethyl adjacent to an activating group) is 1. The fourth-order valence-electron chi connectivity index (χ4n) is 2.62. The molecule has 0 aliphatic carbocycles. The van der Waals surface area contributed by atoms with Crippen molar-refractivity contribution in [2.24, 2.45) is 5.73 Å². The Hall–Kier alpha value is -2.83. The molecule has 3 aromatic rings. The van der Waals surface area contributed by atoms with Crippen molar-refractivity contribution in [3.63, 3.8) is 0 Å². The highest BCUT2D eigenvalue weighted by molar-refractivity contribution is 6.30. The van der Waals surface area contributed by atoms with E-state index in [1.165, 1.54) is 0 Å². The number of carbonyl (C=O) groups excluding carboxylic acids is 1. The van der Waals surface area contributed by atoms with E-state index in [-0.39, 0.29) is 12.5 Å². The normalized spacial score (nSPS) is 11.9. The van der Waals surface area contributed by atoms with Crippen LogP contribution in [0, 0.1) is 0 Å². The average Bonchev–Trinajstić information content (AvgIpc) is 3.14. The van der Waals surface area contributed by atoms with Crippen LogP contribution in [0.4, 0.5) is 0 Å². The van der Waals surface area contributed by atoms with Gasteiger partial charge in [0.2, 0.25) is 5.91 Å². The Morgan fingerprint density at radius 3 is 2.70 bits per heavy atom. The lowest BCUT2D eigenvalue weighted by molar-refractivity contribution is -0.119. The van der Waals surface area contributed by atoms with Crippen LogP contribution in [0.1, 0.15) is 11.3 Å². The first-order valence-corrected chi connectivity index (χ1v) is 8.83. The molecule has 0 aliphatic heterocycles. The maximum atomic E-state index is 11.3. The molecule has 1 aromatic heterocycles. The third-order valence-electron chi connectivity index (χ3n) is 4.12. The third-order valence-corrected chi connectivity index (χ3v) is 4.35. The Balaban J connectivity index is 1.58. The summed E-state index contributed by atoms with van der Waals surface area (Å²) in [7, 11) is 1.71. The van der Waals surface area contributed by atoms with E-state index in [4.69, 9.17) is 26.6 Å². The lowest BCUT2D eigenvalue weighted by Gasteiger charge is -2.12. The van der Waals surface area contributed by atoms with Gasteiger partial charge in [-0.15, -0.1) is 0 Å². The number of nitrogens with two attached hydrogens (primary N) is 1. The molecule has 3 N–H and O–H groups in total. The lowest BCUT2D eigenvalue weighted by Crippen LogP contribution is -2.40. The quantitative estimate of drug-likeness (QED) is 0.621. The summed E-state index contributed by atoms with van der Waals surface area (Å²) in [5, 5.41) is 7.59. The molecule has 27 heavy (non-hydrogen) atoms.